The molecule has 2 aromatic rings. The molecule has 106 valence electrons. The van der Waals surface area contributed by atoms with Gasteiger partial charge in [-0.15, -0.1) is 0 Å². The highest BCUT2D eigenvalue weighted by Crippen LogP contribution is 2.29. The molecule has 0 amide bonds. The highest BCUT2D eigenvalue weighted by molar-refractivity contribution is 6.30. The summed E-state index contributed by atoms with van der Waals surface area (Å²) < 4.78 is 5.50. The summed E-state index contributed by atoms with van der Waals surface area (Å²) in [4.78, 5) is 17.5. The number of fused-ring (bicyclic) bond motifs is 1. The maximum Gasteiger partial charge on any atom is 0.197 e. The van der Waals surface area contributed by atoms with Gasteiger partial charge in [-0.05, 0) is 43.3 Å². The molecule has 0 aromatic heterocycles. The summed E-state index contributed by atoms with van der Waals surface area (Å²) in [6.45, 7) is 1.78. The van der Waals surface area contributed by atoms with Crippen LogP contribution >= 0.6 is 11.6 Å². The molecule has 1 aliphatic rings. The monoisotopic (exact) mass is 299 g/mol. The van der Waals surface area contributed by atoms with E-state index in [4.69, 9.17) is 16.3 Å². The van der Waals surface area contributed by atoms with Crippen molar-refractivity contribution < 1.29 is 9.53 Å². The quantitative estimate of drug-likeness (QED) is 0.816. The van der Waals surface area contributed by atoms with Gasteiger partial charge in [0.15, 0.2) is 11.3 Å². The van der Waals surface area contributed by atoms with E-state index in [1.807, 2.05) is 24.3 Å². The summed E-state index contributed by atoms with van der Waals surface area (Å²) in [6, 6.07) is 14.4. The van der Waals surface area contributed by atoms with E-state index in [1.54, 1.807) is 38.3 Å². The first kappa shape index (κ1) is 13.8. The first-order valence-electron chi connectivity index (χ1n) is 6.60. The lowest BCUT2D eigenvalue weighted by atomic mass is 9.90. The molecule has 4 heteroatoms. The molecule has 1 atom stereocenters. The summed E-state index contributed by atoms with van der Waals surface area (Å²) >= 11 is 5.88. The van der Waals surface area contributed by atoms with E-state index in [9.17, 15) is 4.79 Å². The van der Waals surface area contributed by atoms with Gasteiger partial charge in [0.05, 0.1) is 12.5 Å². The van der Waals surface area contributed by atoms with Gasteiger partial charge in [0.25, 0.3) is 0 Å². The smallest absolute Gasteiger partial charge is 0.197 e. The number of benzene rings is 2. The molecule has 0 saturated heterocycles. The molecule has 0 spiro atoms. The second kappa shape index (κ2) is 5.01. The third kappa shape index (κ3) is 2.14. The number of rotatable bonds is 3. The lowest BCUT2D eigenvalue weighted by molar-refractivity contribution is 0.0917. The predicted molar refractivity (Wildman–Crippen MR) is 81.8 cm³/mol. The van der Waals surface area contributed by atoms with Gasteiger partial charge in [-0.2, -0.15) is 0 Å². The minimum absolute atomic E-state index is 0.104. The average Bonchev–Trinajstić information content (AvgIpc) is 2.79. The molecule has 3 rings (SSSR count). The third-order valence-electron chi connectivity index (χ3n) is 3.69. The van der Waals surface area contributed by atoms with Crippen LogP contribution in [0.5, 0.6) is 0 Å². The predicted octanol–water partition coefficient (Wildman–Crippen LogP) is 2.37. The van der Waals surface area contributed by atoms with Crippen LogP contribution in [-0.2, 0) is 4.74 Å². The van der Waals surface area contributed by atoms with Crippen LogP contribution in [0.2, 0.25) is 5.02 Å². The van der Waals surface area contributed by atoms with E-state index >= 15 is 0 Å². The third-order valence-corrected chi connectivity index (χ3v) is 3.94. The number of hydrogen-bond donors (Lipinski definition) is 0. The van der Waals surface area contributed by atoms with Gasteiger partial charge in [0.1, 0.15) is 5.76 Å². The molecule has 0 aliphatic carbocycles. The van der Waals surface area contributed by atoms with Crippen molar-refractivity contribution in [2.24, 2.45) is 4.99 Å². The number of carbonyl (C=O) groups is 1. The molecule has 0 saturated carbocycles. The van der Waals surface area contributed by atoms with E-state index in [0.717, 1.165) is 10.6 Å². The zero-order chi connectivity index (χ0) is 15.0. The minimum Gasteiger partial charge on any atom is -0.497 e. The van der Waals surface area contributed by atoms with Crippen molar-refractivity contribution in [2.75, 3.05) is 7.11 Å². The molecule has 1 unspecified atom stereocenters. The van der Waals surface area contributed by atoms with Gasteiger partial charge >= 0.3 is 0 Å². The molecule has 3 nitrogen and oxygen atoms in total. The van der Waals surface area contributed by atoms with Gasteiger partial charge < -0.3 is 4.74 Å². The molecule has 0 N–H and O–H groups in total. The Labute approximate surface area is 127 Å². The van der Waals surface area contributed by atoms with Gasteiger partial charge in [0, 0.05) is 15.8 Å². The number of ether oxygens (including phenoxy) is 1. The SMILES string of the molecule is COC1=c2ccccc2=NC1(C)C(=O)c1ccc(Cl)cc1. The van der Waals surface area contributed by atoms with Crippen LogP contribution in [0.3, 0.4) is 0 Å². The van der Waals surface area contributed by atoms with E-state index in [2.05, 4.69) is 4.99 Å². The number of halogens is 1. The number of carbonyl (C=O) groups excluding carboxylic acids is 1. The van der Waals surface area contributed by atoms with Gasteiger partial charge in [0.2, 0.25) is 0 Å². The zero-order valence-electron chi connectivity index (χ0n) is 11.8. The average molecular weight is 300 g/mol. The Morgan fingerprint density at radius 2 is 1.81 bits per heavy atom. The van der Waals surface area contributed by atoms with E-state index in [1.165, 1.54) is 0 Å². The van der Waals surface area contributed by atoms with Crippen LogP contribution < -0.4 is 10.6 Å². The molecule has 2 aromatic carbocycles. The highest BCUT2D eigenvalue weighted by atomic mass is 35.5. The Morgan fingerprint density at radius 3 is 2.48 bits per heavy atom. The first-order chi connectivity index (χ1) is 10.1. The van der Waals surface area contributed by atoms with Gasteiger partial charge in [-0.25, -0.2) is 0 Å². The molecular weight excluding hydrogens is 286 g/mol. The number of methoxy groups -OCH3 is 1. The van der Waals surface area contributed by atoms with Crippen LogP contribution in [-0.4, -0.2) is 18.4 Å². The van der Waals surface area contributed by atoms with Gasteiger partial charge in [-0.1, -0.05) is 23.7 Å². The van der Waals surface area contributed by atoms with Crippen molar-refractivity contribution in [3.63, 3.8) is 0 Å². The Morgan fingerprint density at radius 1 is 1.14 bits per heavy atom. The van der Waals surface area contributed by atoms with Crippen molar-refractivity contribution in [3.05, 3.63) is 69.7 Å². The number of para-hydroxylation sites is 1. The fourth-order valence-electron chi connectivity index (χ4n) is 2.66. The van der Waals surface area contributed by atoms with Crippen LogP contribution in [0.15, 0.2) is 53.5 Å². The minimum atomic E-state index is -1.04. The Kier molecular flexibility index (Phi) is 3.30. The van der Waals surface area contributed by atoms with Crippen LogP contribution in [0.25, 0.3) is 5.76 Å². The number of Topliss-reactive ketones (excluding diaryl/α,β-unsaturated/α-hetero) is 1. The van der Waals surface area contributed by atoms with Crippen molar-refractivity contribution in [1.29, 1.82) is 0 Å². The Balaban J connectivity index is 2.16. The first-order valence-corrected chi connectivity index (χ1v) is 6.98. The molecule has 1 heterocycles. The maximum absolute atomic E-state index is 12.9. The number of nitrogens with zero attached hydrogens (tertiary/aromatic N) is 1. The fourth-order valence-corrected chi connectivity index (χ4v) is 2.79. The van der Waals surface area contributed by atoms with Crippen molar-refractivity contribution >= 4 is 23.1 Å². The number of hydrogen-bond acceptors (Lipinski definition) is 3. The molecular formula is C17H14ClNO2. The fraction of sp³-hybridized carbons (Fsp3) is 0.176. The van der Waals surface area contributed by atoms with Crippen LogP contribution in [0.1, 0.15) is 17.3 Å². The second-order valence-electron chi connectivity index (χ2n) is 5.07. The lowest BCUT2D eigenvalue weighted by Gasteiger charge is -2.22. The van der Waals surface area contributed by atoms with Crippen molar-refractivity contribution in [1.82, 2.24) is 0 Å². The molecule has 0 bridgehead atoms. The van der Waals surface area contributed by atoms with Crippen LogP contribution in [0.4, 0.5) is 0 Å². The lowest BCUT2D eigenvalue weighted by Crippen LogP contribution is -2.35. The van der Waals surface area contributed by atoms with Crippen molar-refractivity contribution in [3.8, 4) is 0 Å². The largest absolute Gasteiger partial charge is 0.497 e. The summed E-state index contributed by atoms with van der Waals surface area (Å²) in [7, 11) is 1.57. The summed E-state index contributed by atoms with van der Waals surface area (Å²) in [5, 5.41) is 2.24. The molecule has 0 radical (unpaired) electrons. The highest BCUT2D eigenvalue weighted by Gasteiger charge is 2.41. The summed E-state index contributed by atoms with van der Waals surface area (Å²) in [5.41, 5.74) is -0.472. The number of ketones is 1. The summed E-state index contributed by atoms with van der Waals surface area (Å²) in [5.74, 6) is 0.477. The van der Waals surface area contributed by atoms with Gasteiger partial charge in [-0.3, -0.25) is 9.79 Å². The molecule has 1 aliphatic heterocycles. The topological polar surface area (TPSA) is 38.7 Å². The maximum atomic E-state index is 12.9. The van der Waals surface area contributed by atoms with Crippen molar-refractivity contribution in [2.45, 2.75) is 12.5 Å². The normalized spacial score (nSPS) is 19.9. The zero-order valence-corrected chi connectivity index (χ0v) is 12.5. The van der Waals surface area contributed by atoms with E-state index in [-0.39, 0.29) is 5.78 Å². The molecule has 0 fully saturated rings. The summed E-state index contributed by atoms with van der Waals surface area (Å²) in [6.07, 6.45) is 0. The van der Waals surface area contributed by atoms with Crippen LogP contribution in [0, 0.1) is 0 Å². The standard InChI is InChI=1S/C17H14ClNO2/c1-17(15(20)11-7-9-12(18)10-8-11)16(21-2)13-5-3-4-6-14(13)19-17/h3-10H,1-2H3. The van der Waals surface area contributed by atoms with E-state index in [0.29, 0.717) is 16.3 Å². The Hall–Kier alpha value is -2.13. The van der Waals surface area contributed by atoms with E-state index < -0.39 is 5.54 Å². The molecule has 21 heavy (non-hydrogen) atoms. The second-order valence-corrected chi connectivity index (χ2v) is 5.51. The Bertz CT molecular complexity index is 827.